The molecule has 77 heavy (non-hydrogen) atoms. The van der Waals surface area contributed by atoms with Crippen LogP contribution in [0, 0.1) is 11.8 Å². The van der Waals surface area contributed by atoms with E-state index >= 15 is 0 Å². The van der Waals surface area contributed by atoms with E-state index in [1.54, 1.807) is 65.8 Å². The predicted octanol–water partition coefficient (Wildman–Crippen LogP) is 8.13. The van der Waals surface area contributed by atoms with Gasteiger partial charge in [-0.1, -0.05) is 12.8 Å². The highest BCUT2D eigenvalue weighted by Crippen LogP contribution is 2.34. The lowest BCUT2D eigenvalue weighted by Crippen LogP contribution is -2.41. The number of nitrogens with one attached hydrogen (secondary N) is 1. The van der Waals surface area contributed by atoms with Crippen molar-refractivity contribution < 1.29 is 57.1 Å². The second kappa shape index (κ2) is 26.9. The Morgan fingerprint density at radius 2 is 1.16 bits per heavy atom. The molecule has 4 aromatic rings. The van der Waals surface area contributed by atoms with E-state index in [4.69, 9.17) is 38.1 Å². The number of carbonyl (C=O) groups is 5. The molecule has 4 aliphatic carbocycles. The number of hydrogen-bond donors (Lipinski definition) is 1. The lowest BCUT2D eigenvalue weighted by Gasteiger charge is -2.33. The highest BCUT2D eigenvalue weighted by Gasteiger charge is 2.33. The van der Waals surface area contributed by atoms with Crippen LogP contribution in [0.5, 0.6) is 11.6 Å². The number of ether oxygens (including phenoxy) is 7. The van der Waals surface area contributed by atoms with Gasteiger partial charge in [-0.05, 0) is 123 Å². The van der Waals surface area contributed by atoms with E-state index in [2.05, 4.69) is 20.2 Å². The summed E-state index contributed by atoms with van der Waals surface area (Å²) in [5.74, 6) is -0.854. The molecule has 0 bridgehead atoms. The van der Waals surface area contributed by atoms with Crippen molar-refractivity contribution >= 4 is 30.1 Å². The van der Waals surface area contributed by atoms with E-state index < -0.39 is 11.5 Å². The first kappa shape index (κ1) is 57.7. The summed E-state index contributed by atoms with van der Waals surface area (Å²) in [7, 11) is 7.06. The summed E-state index contributed by atoms with van der Waals surface area (Å²) in [6.07, 6.45) is 16.3. The Bertz CT molecular complexity index is 2730. The van der Waals surface area contributed by atoms with Crippen LogP contribution in [0.1, 0.15) is 148 Å². The molecule has 4 fully saturated rings. The zero-order chi connectivity index (χ0) is 55.3. The van der Waals surface area contributed by atoms with Gasteiger partial charge in [-0.15, -0.1) is 0 Å². The summed E-state index contributed by atoms with van der Waals surface area (Å²) in [6.45, 7) is 8.65. The van der Waals surface area contributed by atoms with Crippen molar-refractivity contribution in [1.82, 2.24) is 44.3 Å². The number of H-pyrrole nitrogens is 1. The molecule has 4 atom stereocenters. The average Bonchev–Trinajstić information content (AvgIpc) is 4.15. The fourth-order valence-electron chi connectivity index (χ4n) is 10.1. The number of esters is 3. The molecule has 420 valence electrons. The second-order valence-electron chi connectivity index (χ2n) is 21.1. The maximum absolute atomic E-state index is 12.8. The highest BCUT2D eigenvalue weighted by molar-refractivity contribution is 5.73. The van der Waals surface area contributed by atoms with Crippen molar-refractivity contribution in [2.75, 3.05) is 14.1 Å². The number of amides is 2. The van der Waals surface area contributed by atoms with Gasteiger partial charge in [0.15, 0.2) is 0 Å². The van der Waals surface area contributed by atoms with Crippen LogP contribution in [-0.4, -0.2) is 125 Å². The van der Waals surface area contributed by atoms with Crippen molar-refractivity contribution in [2.24, 2.45) is 25.9 Å². The summed E-state index contributed by atoms with van der Waals surface area (Å²) in [5, 5.41) is 8.63. The number of pyridine rings is 1. The topological polar surface area (TPSA) is 251 Å². The number of aromatic nitrogens is 7. The minimum Gasteiger partial charge on any atom is -0.488 e. The fourth-order valence-corrected chi connectivity index (χ4v) is 10.1. The zero-order valence-electron chi connectivity index (χ0n) is 46.1. The number of carbonyl (C=O) groups excluding carboxylic acids is 5. The highest BCUT2D eigenvalue weighted by atomic mass is 16.6. The average molecular weight is 1070 g/mol. The third-order valence-electron chi connectivity index (χ3n) is 14.7. The van der Waals surface area contributed by atoms with Gasteiger partial charge >= 0.3 is 35.7 Å². The monoisotopic (exact) mass is 1070 g/mol. The molecule has 0 unspecified atom stereocenters. The first-order valence-corrected chi connectivity index (χ1v) is 27.1. The van der Waals surface area contributed by atoms with E-state index in [0.717, 1.165) is 83.5 Å². The Balaban J connectivity index is 0.000000224. The van der Waals surface area contributed by atoms with Crippen molar-refractivity contribution in [1.29, 1.82) is 0 Å². The summed E-state index contributed by atoms with van der Waals surface area (Å²) in [4.78, 5) is 89.5. The largest absolute Gasteiger partial charge is 0.488 e. The molecule has 8 rings (SSSR count). The molecule has 22 heteroatoms. The minimum absolute atomic E-state index is 0.0119. The maximum atomic E-state index is 12.8. The smallest absolute Gasteiger partial charge is 0.410 e. The molecule has 0 aromatic carbocycles. The standard InChI is InChI=1S/C29H40N4O7.C26H37N5O6/c1-18(2)39-28(35)20-8-6-11-22(14-20)40-27-13-12-24(31-25(27)16-37-19(3)34)23-15-30-33(5)26(23)17-38-29(36)32(4)21-9-7-10-21;1-16(2)36-25(33)17-8-7-11-19(12-17)37-24-23(32)29-21(14-27-24)20-13-28-31(4)22(20)15-35-26(34)30(3)18-9-5-6-10-18/h12-13,15,18,20-22H,6-11,14,16-17H2,1-5H3;13-14,16-19H,5-12,15H2,1-4H3,(H,29,32)/t20-,22-;17-,19-/m10/s1. The summed E-state index contributed by atoms with van der Waals surface area (Å²) in [5.41, 5.74) is 3.65. The second-order valence-corrected chi connectivity index (χ2v) is 21.1. The van der Waals surface area contributed by atoms with Crippen molar-refractivity contribution in [2.45, 2.75) is 187 Å². The van der Waals surface area contributed by atoms with Gasteiger partial charge in [0, 0.05) is 58.3 Å². The van der Waals surface area contributed by atoms with Crippen molar-refractivity contribution in [3.8, 4) is 34.1 Å². The summed E-state index contributed by atoms with van der Waals surface area (Å²) < 4.78 is 42.7. The van der Waals surface area contributed by atoms with Gasteiger partial charge in [-0.3, -0.25) is 28.5 Å². The third kappa shape index (κ3) is 15.6. The van der Waals surface area contributed by atoms with E-state index in [1.807, 2.05) is 33.8 Å². The molecule has 0 aliphatic heterocycles. The Labute approximate surface area is 449 Å². The van der Waals surface area contributed by atoms with E-state index in [-0.39, 0.29) is 98.2 Å². The van der Waals surface area contributed by atoms with Gasteiger partial charge in [0.2, 0.25) is 0 Å². The molecule has 0 spiro atoms. The van der Waals surface area contributed by atoms with Crippen LogP contribution in [-0.2, 0) is 72.0 Å². The molecule has 4 aromatic heterocycles. The van der Waals surface area contributed by atoms with Gasteiger partial charge in [0.25, 0.3) is 5.88 Å². The van der Waals surface area contributed by atoms with Gasteiger partial charge < -0.3 is 47.9 Å². The van der Waals surface area contributed by atoms with Crippen molar-refractivity contribution in [3.63, 3.8) is 0 Å². The van der Waals surface area contributed by atoms with Crippen LogP contribution in [0.3, 0.4) is 0 Å². The normalized spacial score (nSPS) is 19.6. The molecular formula is C55H77N9O13. The molecule has 2 amide bonds. The number of aromatic amines is 1. The first-order chi connectivity index (χ1) is 36.8. The quantitative estimate of drug-likeness (QED) is 0.0729. The van der Waals surface area contributed by atoms with Gasteiger partial charge in [-0.2, -0.15) is 10.2 Å². The number of rotatable bonds is 18. The fraction of sp³-hybridized carbons (Fsp3) is 0.636. The number of nitrogens with zero attached hydrogens (tertiary/aromatic N) is 8. The SMILES string of the molecule is CC(=O)OCc1nc(-c2cnn(C)c2COC(=O)N(C)C2CCC2)ccc1O[C@@H]1CCC[C@@H](C(=O)OC(C)C)C1.CC(C)OC(=O)[C@H]1CCC[C@H](Oc2ncc(-c3cnn(C)c3COC(=O)N(C)C3CCCC3)[nH]c2=O)C1. The van der Waals surface area contributed by atoms with Crippen LogP contribution in [0.2, 0.25) is 0 Å². The maximum Gasteiger partial charge on any atom is 0.410 e. The van der Waals surface area contributed by atoms with Crippen LogP contribution in [0.25, 0.3) is 22.5 Å². The van der Waals surface area contributed by atoms with Crippen LogP contribution in [0.15, 0.2) is 35.5 Å². The van der Waals surface area contributed by atoms with E-state index in [9.17, 15) is 28.8 Å². The lowest BCUT2D eigenvalue weighted by atomic mass is 9.87. The number of hydrogen-bond acceptors (Lipinski definition) is 17. The van der Waals surface area contributed by atoms with Gasteiger partial charge in [-0.25, -0.2) is 19.6 Å². The Morgan fingerprint density at radius 1 is 0.649 bits per heavy atom. The molecule has 0 radical (unpaired) electrons. The lowest BCUT2D eigenvalue weighted by molar-refractivity contribution is -0.155. The van der Waals surface area contributed by atoms with Crippen LogP contribution < -0.4 is 15.0 Å². The van der Waals surface area contributed by atoms with Crippen molar-refractivity contribution in [3.05, 3.63) is 58.2 Å². The van der Waals surface area contributed by atoms with Crippen LogP contribution >= 0.6 is 0 Å². The van der Waals surface area contributed by atoms with Gasteiger partial charge in [0.1, 0.15) is 37.4 Å². The minimum atomic E-state index is -0.475. The molecule has 1 N–H and O–H groups in total. The summed E-state index contributed by atoms with van der Waals surface area (Å²) >= 11 is 0. The van der Waals surface area contributed by atoms with E-state index in [0.29, 0.717) is 58.2 Å². The molecule has 22 nitrogen and oxygen atoms in total. The molecule has 0 saturated heterocycles. The Kier molecular flexibility index (Phi) is 20.1. The molecule has 4 aliphatic rings. The third-order valence-corrected chi connectivity index (χ3v) is 14.7. The first-order valence-electron chi connectivity index (χ1n) is 27.1. The molecular weight excluding hydrogens is 995 g/mol. The Morgan fingerprint density at radius 3 is 1.66 bits per heavy atom. The molecule has 4 heterocycles. The van der Waals surface area contributed by atoms with Crippen LogP contribution in [0.4, 0.5) is 9.59 Å². The van der Waals surface area contributed by atoms with E-state index in [1.165, 1.54) is 13.1 Å². The summed E-state index contributed by atoms with van der Waals surface area (Å²) in [6, 6.07) is 4.05. The number of aryl methyl sites for hydroxylation is 2. The Hall–Kier alpha value is -7.00. The van der Waals surface area contributed by atoms with Gasteiger partial charge in [0.05, 0.1) is 71.5 Å². The zero-order valence-corrected chi connectivity index (χ0v) is 46.1. The predicted molar refractivity (Wildman–Crippen MR) is 280 cm³/mol. The molecule has 4 saturated carbocycles.